The largest absolute Gasteiger partial charge is 0.421 e. The second-order valence-electron chi connectivity index (χ2n) is 12.6. The van der Waals surface area contributed by atoms with Crippen LogP contribution in [0.2, 0.25) is 0 Å². The Morgan fingerprint density at radius 3 is 2.66 bits per heavy atom. The molecule has 5 aromatic heterocycles. The highest BCUT2D eigenvalue weighted by Gasteiger charge is 2.43. The summed E-state index contributed by atoms with van der Waals surface area (Å²) in [7, 11) is -3.68. The van der Waals surface area contributed by atoms with Crippen LogP contribution in [0.3, 0.4) is 0 Å². The summed E-state index contributed by atoms with van der Waals surface area (Å²) in [5, 5.41) is 22.0. The fraction of sp³-hybridized carbons (Fsp3) is 0.412. The summed E-state index contributed by atoms with van der Waals surface area (Å²) < 4.78 is 40.7. The quantitative estimate of drug-likeness (QED) is 0.183. The molecule has 7 rings (SSSR count). The third kappa shape index (κ3) is 6.13. The van der Waals surface area contributed by atoms with Crippen molar-refractivity contribution in [1.82, 2.24) is 25.1 Å². The van der Waals surface area contributed by atoms with Crippen molar-refractivity contribution in [3.05, 3.63) is 65.2 Å². The molecule has 5 aromatic rings. The van der Waals surface area contributed by atoms with E-state index in [2.05, 4.69) is 45.4 Å². The lowest BCUT2D eigenvalue weighted by atomic mass is 9.89. The average molecular weight is 670 g/mol. The Hall–Kier alpha value is -4.25. The molecule has 0 aromatic carbocycles. The lowest BCUT2D eigenvalue weighted by Gasteiger charge is -2.23. The second-order valence-corrected chi connectivity index (χ2v) is 15.6. The second kappa shape index (κ2) is 12.7. The number of thiophene rings is 1. The van der Waals surface area contributed by atoms with Crippen molar-refractivity contribution in [3.63, 3.8) is 0 Å². The Morgan fingerprint density at radius 1 is 1.13 bits per heavy atom. The van der Waals surface area contributed by atoms with Gasteiger partial charge in [-0.3, -0.25) is 9.97 Å². The predicted octanol–water partition coefficient (Wildman–Crippen LogP) is 6.48. The normalized spacial score (nSPS) is 17.6. The van der Waals surface area contributed by atoms with Crippen LogP contribution in [-0.4, -0.2) is 52.5 Å². The average Bonchev–Trinajstić information content (AvgIpc) is 3.78. The van der Waals surface area contributed by atoms with Crippen molar-refractivity contribution >= 4 is 37.1 Å². The first-order valence-corrected chi connectivity index (χ1v) is 18.3. The van der Waals surface area contributed by atoms with Gasteiger partial charge in [-0.15, -0.1) is 21.5 Å². The third-order valence-corrected chi connectivity index (χ3v) is 12.1. The van der Waals surface area contributed by atoms with Gasteiger partial charge in [-0.05, 0) is 67.2 Å². The number of fused-ring (bicyclic) bond motifs is 2. The molecule has 0 amide bonds. The molecule has 0 aliphatic carbocycles. The lowest BCUT2D eigenvalue weighted by molar-refractivity contribution is 0.0639. The van der Waals surface area contributed by atoms with Crippen LogP contribution in [0.25, 0.3) is 32.0 Å². The molecule has 1 fully saturated rings. The molecule has 1 atom stereocenters. The number of anilines is 1. The van der Waals surface area contributed by atoms with E-state index in [4.69, 9.17) is 19.4 Å². The van der Waals surface area contributed by atoms with Crippen LogP contribution in [0.4, 0.5) is 5.82 Å². The molecular formula is C34H35N7O4S2. The van der Waals surface area contributed by atoms with Crippen molar-refractivity contribution in [2.24, 2.45) is 11.8 Å². The molecule has 0 unspecified atom stereocenters. The van der Waals surface area contributed by atoms with Gasteiger partial charge in [0.05, 0.1) is 50.1 Å². The molecule has 0 bridgehead atoms. The highest BCUT2D eigenvalue weighted by atomic mass is 32.2. The van der Waals surface area contributed by atoms with E-state index in [-0.39, 0.29) is 28.4 Å². The number of rotatable bonds is 9. The molecule has 7 heterocycles. The number of pyridine rings is 3. The first-order valence-electron chi connectivity index (χ1n) is 15.9. The van der Waals surface area contributed by atoms with Crippen LogP contribution in [0.1, 0.15) is 67.6 Å². The first kappa shape index (κ1) is 31.4. The van der Waals surface area contributed by atoms with Gasteiger partial charge >= 0.3 is 0 Å². The molecule has 1 N–H and O–H groups in total. The summed E-state index contributed by atoms with van der Waals surface area (Å²) in [5.41, 5.74) is 3.87. The fourth-order valence-corrected chi connectivity index (χ4v) is 9.98. The van der Waals surface area contributed by atoms with Crippen LogP contribution in [0.5, 0.6) is 0 Å². The molecule has 11 nitrogen and oxygen atoms in total. The molecule has 2 aliphatic rings. The van der Waals surface area contributed by atoms with Crippen molar-refractivity contribution in [1.29, 1.82) is 5.26 Å². The number of ether oxygens (including phenoxy) is 1. The number of nitrogens with zero attached hydrogens (tertiary/aromatic N) is 6. The van der Waals surface area contributed by atoms with E-state index >= 15 is 0 Å². The minimum atomic E-state index is -3.68. The summed E-state index contributed by atoms with van der Waals surface area (Å²) in [5.74, 6) is 1.72. The van der Waals surface area contributed by atoms with Crippen molar-refractivity contribution in [3.8, 4) is 28.0 Å². The van der Waals surface area contributed by atoms with E-state index < -0.39 is 9.84 Å². The number of hydrogen-bond acceptors (Lipinski definition) is 12. The summed E-state index contributed by atoms with van der Waals surface area (Å²) in [6.45, 7) is 7.76. The van der Waals surface area contributed by atoms with Crippen LogP contribution in [0, 0.1) is 30.1 Å². The number of nitrogens with one attached hydrogen (secondary N) is 1. The molecule has 0 spiro atoms. The Bertz CT molecular complexity index is 2090. The van der Waals surface area contributed by atoms with Gasteiger partial charge in [0.1, 0.15) is 11.9 Å². The van der Waals surface area contributed by atoms with Gasteiger partial charge in [0.25, 0.3) is 0 Å². The Labute approximate surface area is 277 Å². The highest BCUT2D eigenvalue weighted by Crippen LogP contribution is 2.51. The van der Waals surface area contributed by atoms with Gasteiger partial charge < -0.3 is 14.5 Å². The molecule has 13 heteroatoms. The minimum absolute atomic E-state index is 0.0164. The summed E-state index contributed by atoms with van der Waals surface area (Å²) in [4.78, 5) is 15.2. The predicted molar refractivity (Wildman–Crippen MR) is 179 cm³/mol. The SMILES string of the molecule is Cc1nnc(-c2c(CCC3CCOCC3)nc3c(c2-c2cc4ccnc(NCc5ccc(C#N)cn5)c4s2)S(=O)(=O)C[C@@H]3C(C)C)o1. The lowest BCUT2D eigenvalue weighted by Crippen LogP contribution is -2.17. The maximum Gasteiger partial charge on any atom is 0.250 e. The molecule has 0 radical (unpaired) electrons. The Kier molecular flexibility index (Phi) is 8.50. The topological polar surface area (TPSA) is 157 Å². The van der Waals surface area contributed by atoms with Gasteiger partial charge in [-0.1, -0.05) is 13.8 Å². The monoisotopic (exact) mass is 669 g/mol. The third-order valence-electron chi connectivity index (χ3n) is 9.06. The standard InChI is InChI=1S/C34H35N7O4S2/c1-19(2)25-18-47(42,43)32-29(27-14-23-8-11-36-33(31(23)46-27)38-17-24-6-4-22(15-35)16-37-24)28(34-41-40-20(3)45-34)26(39-30(25)32)7-5-21-9-12-44-13-10-21/h4,6,8,11,14,16,19,21,25H,5,7,9-10,12-13,17-18H2,1-3H3,(H,36,38)/t25-/m1/s1. The molecule has 1 saturated heterocycles. The maximum atomic E-state index is 14.1. The number of aryl methyl sites for hydroxylation is 2. The molecule has 47 heavy (non-hydrogen) atoms. The van der Waals surface area contributed by atoms with Crippen LogP contribution >= 0.6 is 11.3 Å². The van der Waals surface area contributed by atoms with E-state index in [1.165, 1.54) is 11.3 Å². The molecular weight excluding hydrogens is 635 g/mol. The van der Waals surface area contributed by atoms with E-state index in [0.29, 0.717) is 53.0 Å². The number of nitriles is 1. The summed E-state index contributed by atoms with van der Waals surface area (Å²) >= 11 is 1.48. The molecule has 242 valence electrons. The zero-order valence-corrected chi connectivity index (χ0v) is 28.1. The van der Waals surface area contributed by atoms with Gasteiger partial charge in [0.2, 0.25) is 11.8 Å². The van der Waals surface area contributed by atoms with Crippen molar-refractivity contribution in [2.45, 2.75) is 63.8 Å². The smallest absolute Gasteiger partial charge is 0.250 e. The van der Waals surface area contributed by atoms with Crippen LogP contribution in [0.15, 0.2) is 46.0 Å². The Balaban J connectivity index is 1.39. The van der Waals surface area contributed by atoms with Gasteiger partial charge in [-0.25, -0.2) is 13.4 Å². The first-order chi connectivity index (χ1) is 22.7. The van der Waals surface area contributed by atoms with Gasteiger partial charge in [0.15, 0.2) is 9.84 Å². The van der Waals surface area contributed by atoms with E-state index in [1.54, 1.807) is 25.4 Å². The van der Waals surface area contributed by atoms with E-state index in [1.807, 2.05) is 18.2 Å². The summed E-state index contributed by atoms with van der Waals surface area (Å²) in [6.07, 6.45) is 6.83. The van der Waals surface area contributed by atoms with E-state index in [0.717, 1.165) is 58.8 Å². The Morgan fingerprint density at radius 2 is 1.96 bits per heavy atom. The fourth-order valence-electron chi connectivity index (χ4n) is 6.51. The zero-order valence-electron chi connectivity index (χ0n) is 26.5. The minimum Gasteiger partial charge on any atom is -0.421 e. The number of aromatic nitrogens is 5. The van der Waals surface area contributed by atoms with Gasteiger partial charge in [0, 0.05) is 48.9 Å². The molecule has 0 saturated carbocycles. The van der Waals surface area contributed by atoms with Crippen LogP contribution in [-0.2, 0) is 27.5 Å². The van der Waals surface area contributed by atoms with E-state index in [9.17, 15) is 8.42 Å². The molecule has 2 aliphatic heterocycles. The van der Waals surface area contributed by atoms with Gasteiger partial charge in [-0.2, -0.15) is 5.26 Å². The number of sulfone groups is 1. The van der Waals surface area contributed by atoms with Crippen molar-refractivity contribution in [2.75, 3.05) is 24.3 Å². The maximum absolute atomic E-state index is 14.1. The zero-order chi connectivity index (χ0) is 32.7. The van der Waals surface area contributed by atoms with Crippen molar-refractivity contribution < 1.29 is 17.6 Å². The highest BCUT2D eigenvalue weighted by molar-refractivity contribution is 7.92. The summed E-state index contributed by atoms with van der Waals surface area (Å²) in [6, 6.07) is 9.58. The number of hydrogen-bond donors (Lipinski definition) is 1. The van der Waals surface area contributed by atoms with Crippen LogP contribution < -0.4 is 5.32 Å².